The predicted octanol–water partition coefficient (Wildman–Crippen LogP) is 2.83. The van der Waals surface area contributed by atoms with Gasteiger partial charge in [-0.25, -0.2) is 4.79 Å². The number of aliphatic hydroxyl groups excluding tert-OH is 1. The number of carbonyl (C=O) groups excluding carboxylic acids is 1. The van der Waals surface area contributed by atoms with Gasteiger partial charge in [-0.1, -0.05) is 30.3 Å². The maximum atomic E-state index is 12.2. The Morgan fingerprint density at radius 1 is 1.32 bits per heavy atom. The summed E-state index contributed by atoms with van der Waals surface area (Å²) in [6.45, 7) is 5.78. The number of nitrogens with one attached hydrogen (secondary N) is 1. The van der Waals surface area contributed by atoms with Crippen LogP contribution in [0.5, 0.6) is 0 Å². The smallest absolute Gasteiger partial charge is 0.317 e. The van der Waals surface area contributed by atoms with E-state index in [1.54, 1.807) is 7.11 Å². The van der Waals surface area contributed by atoms with Crippen molar-refractivity contribution in [3.05, 3.63) is 35.9 Å². The van der Waals surface area contributed by atoms with Gasteiger partial charge < -0.3 is 20.1 Å². The number of amides is 2. The molecule has 1 aromatic carbocycles. The fourth-order valence-corrected chi connectivity index (χ4v) is 3.15. The highest BCUT2D eigenvalue weighted by molar-refractivity contribution is 5.74. The molecule has 0 saturated carbocycles. The number of ether oxygens (including phenoxy) is 1. The highest BCUT2D eigenvalue weighted by atomic mass is 16.5. The molecule has 1 fully saturated rings. The van der Waals surface area contributed by atoms with E-state index in [2.05, 4.69) is 17.4 Å². The third kappa shape index (κ3) is 6.33. The Morgan fingerprint density at radius 2 is 1.96 bits per heavy atom. The molecule has 1 atom stereocenters. The number of rotatable bonds is 7. The summed E-state index contributed by atoms with van der Waals surface area (Å²) in [6, 6.07) is 10.2. The Kier molecular flexibility index (Phi) is 7.26. The van der Waals surface area contributed by atoms with Crippen LogP contribution < -0.4 is 5.32 Å². The molecule has 25 heavy (non-hydrogen) atoms. The van der Waals surface area contributed by atoms with Crippen LogP contribution in [0, 0.1) is 5.92 Å². The van der Waals surface area contributed by atoms with E-state index in [9.17, 15) is 9.90 Å². The van der Waals surface area contributed by atoms with E-state index in [4.69, 9.17) is 4.74 Å². The first-order valence-electron chi connectivity index (χ1n) is 9.21. The number of aryl methyl sites for hydroxylation is 1. The first-order chi connectivity index (χ1) is 11.9. The Bertz CT molecular complexity index is 525. The second kappa shape index (κ2) is 9.20. The SMILES string of the molecule is COC(C)(C)CNC(=O)N1CCC([C@@H](O)CCc2ccccc2)CC1. The van der Waals surface area contributed by atoms with Crippen LogP contribution in [0.3, 0.4) is 0 Å². The van der Waals surface area contributed by atoms with Crippen LogP contribution in [-0.4, -0.2) is 54.5 Å². The molecule has 2 amide bonds. The van der Waals surface area contributed by atoms with Gasteiger partial charge in [0.2, 0.25) is 0 Å². The van der Waals surface area contributed by atoms with E-state index in [1.165, 1.54) is 5.56 Å². The number of piperidine rings is 1. The van der Waals surface area contributed by atoms with E-state index in [0.29, 0.717) is 19.6 Å². The lowest BCUT2D eigenvalue weighted by atomic mass is 9.88. The van der Waals surface area contributed by atoms with Crippen molar-refractivity contribution in [1.29, 1.82) is 0 Å². The average Bonchev–Trinajstić information content (AvgIpc) is 2.65. The minimum absolute atomic E-state index is 0.0395. The van der Waals surface area contributed by atoms with Crippen LogP contribution in [-0.2, 0) is 11.2 Å². The first-order valence-corrected chi connectivity index (χ1v) is 9.21. The van der Waals surface area contributed by atoms with Crippen molar-refractivity contribution in [2.24, 2.45) is 5.92 Å². The van der Waals surface area contributed by atoms with E-state index in [1.807, 2.05) is 36.9 Å². The molecule has 1 aromatic rings. The third-order valence-electron chi connectivity index (χ3n) is 5.16. The molecule has 2 N–H and O–H groups in total. The van der Waals surface area contributed by atoms with Gasteiger partial charge in [0.1, 0.15) is 0 Å². The van der Waals surface area contributed by atoms with E-state index < -0.39 is 0 Å². The summed E-state index contributed by atoms with van der Waals surface area (Å²) in [7, 11) is 1.65. The Morgan fingerprint density at radius 3 is 2.56 bits per heavy atom. The van der Waals surface area contributed by atoms with Crippen LogP contribution in [0.15, 0.2) is 30.3 Å². The summed E-state index contributed by atoms with van der Waals surface area (Å²) in [6.07, 6.45) is 3.10. The molecule has 0 radical (unpaired) electrons. The quantitative estimate of drug-likeness (QED) is 0.796. The number of likely N-dealkylation sites (tertiary alicyclic amines) is 1. The van der Waals surface area contributed by atoms with Gasteiger partial charge in [-0.15, -0.1) is 0 Å². The molecule has 2 rings (SSSR count). The summed E-state index contributed by atoms with van der Waals surface area (Å²) in [4.78, 5) is 14.1. The molecule has 5 nitrogen and oxygen atoms in total. The summed E-state index contributed by atoms with van der Waals surface area (Å²) < 4.78 is 5.32. The molecule has 0 bridgehead atoms. The number of nitrogens with zero attached hydrogens (tertiary/aromatic N) is 1. The van der Waals surface area contributed by atoms with Crippen LogP contribution in [0.25, 0.3) is 0 Å². The van der Waals surface area contributed by atoms with Crippen molar-refractivity contribution >= 4 is 6.03 Å². The highest BCUT2D eigenvalue weighted by Gasteiger charge is 2.28. The van der Waals surface area contributed by atoms with Gasteiger partial charge in [0.05, 0.1) is 11.7 Å². The molecule has 0 aliphatic carbocycles. The molecule has 1 heterocycles. The van der Waals surface area contributed by atoms with Gasteiger partial charge in [0.25, 0.3) is 0 Å². The summed E-state index contributed by atoms with van der Waals surface area (Å²) in [5.41, 5.74) is 0.904. The van der Waals surface area contributed by atoms with Crippen molar-refractivity contribution in [3.8, 4) is 0 Å². The van der Waals surface area contributed by atoms with Crippen LogP contribution in [0.2, 0.25) is 0 Å². The largest absolute Gasteiger partial charge is 0.393 e. The van der Waals surface area contributed by atoms with Gasteiger partial charge in [-0.3, -0.25) is 0 Å². The number of carbonyl (C=O) groups is 1. The number of methoxy groups -OCH3 is 1. The normalized spacial score (nSPS) is 17.4. The lowest BCUT2D eigenvalue weighted by Crippen LogP contribution is -2.49. The molecule has 0 aromatic heterocycles. The fourth-order valence-electron chi connectivity index (χ4n) is 3.15. The van der Waals surface area contributed by atoms with Gasteiger partial charge >= 0.3 is 6.03 Å². The zero-order chi connectivity index (χ0) is 18.3. The van der Waals surface area contributed by atoms with Crippen LogP contribution in [0.1, 0.15) is 38.7 Å². The Labute approximate surface area is 151 Å². The molecule has 1 aliphatic rings. The van der Waals surface area contributed by atoms with E-state index >= 15 is 0 Å². The standard InChI is InChI=1S/C20H32N2O3/c1-20(2,25-3)15-21-19(24)22-13-11-17(12-14-22)18(23)10-9-16-7-5-4-6-8-16/h4-8,17-18,23H,9-15H2,1-3H3,(H,21,24)/t18-/m0/s1. The van der Waals surface area contributed by atoms with Gasteiger partial charge in [0.15, 0.2) is 0 Å². The van der Waals surface area contributed by atoms with Gasteiger partial charge in [-0.2, -0.15) is 0 Å². The molecule has 5 heteroatoms. The summed E-state index contributed by atoms with van der Waals surface area (Å²) >= 11 is 0. The van der Waals surface area contributed by atoms with Crippen molar-refractivity contribution in [1.82, 2.24) is 10.2 Å². The molecule has 1 saturated heterocycles. The zero-order valence-electron chi connectivity index (χ0n) is 15.7. The number of hydrogen-bond donors (Lipinski definition) is 2. The average molecular weight is 348 g/mol. The monoisotopic (exact) mass is 348 g/mol. The highest BCUT2D eigenvalue weighted by Crippen LogP contribution is 2.23. The first kappa shape index (κ1) is 19.7. The van der Waals surface area contributed by atoms with Crippen LogP contribution in [0.4, 0.5) is 4.79 Å². The minimum Gasteiger partial charge on any atom is -0.393 e. The summed E-state index contributed by atoms with van der Waals surface area (Å²) in [5, 5.41) is 13.4. The maximum absolute atomic E-state index is 12.2. The lowest BCUT2D eigenvalue weighted by Gasteiger charge is -2.35. The fraction of sp³-hybridized carbons (Fsp3) is 0.650. The van der Waals surface area contributed by atoms with Gasteiger partial charge in [-0.05, 0) is 51.0 Å². The molecule has 0 spiro atoms. The van der Waals surface area contributed by atoms with Crippen molar-refractivity contribution < 1.29 is 14.6 Å². The van der Waals surface area contributed by atoms with Crippen molar-refractivity contribution in [2.75, 3.05) is 26.7 Å². The molecule has 140 valence electrons. The number of urea groups is 1. The topological polar surface area (TPSA) is 61.8 Å². The second-order valence-corrected chi connectivity index (χ2v) is 7.54. The van der Waals surface area contributed by atoms with Gasteiger partial charge in [0, 0.05) is 26.7 Å². The van der Waals surface area contributed by atoms with Crippen molar-refractivity contribution in [3.63, 3.8) is 0 Å². The van der Waals surface area contributed by atoms with E-state index in [0.717, 1.165) is 25.7 Å². The van der Waals surface area contributed by atoms with E-state index in [-0.39, 0.29) is 23.7 Å². The molecular weight excluding hydrogens is 316 g/mol. The van der Waals surface area contributed by atoms with Crippen molar-refractivity contribution in [2.45, 2.75) is 51.2 Å². The number of aliphatic hydroxyl groups is 1. The second-order valence-electron chi connectivity index (χ2n) is 7.54. The van der Waals surface area contributed by atoms with Crippen LogP contribution >= 0.6 is 0 Å². The predicted molar refractivity (Wildman–Crippen MR) is 99.6 cm³/mol. The minimum atomic E-state index is -0.360. The molecule has 1 aliphatic heterocycles. The maximum Gasteiger partial charge on any atom is 0.317 e. The molecular formula is C20H32N2O3. The number of hydrogen-bond acceptors (Lipinski definition) is 3. The zero-order valence-corrected chi connectivity index (χ0v) is 15.7. The number of benzene rings is 1. The lowest BCUT2D eigenvalue weighted by molar-refractivity contribution is 0.0230. The molecule has 0 unspecified atom stereocenters. The Hall–Kier alpha value is -1.59. The third-order valence-corrected chi connectivity index (χ3v) is 5.16. The summed E-state index contributed by atoms with van der Waals surface area (Å²) in [5.74, 6) is 0.281. The Balaban J connectivity index is 1.70.